The Morgan fingerprint density at radius 1 is 1.21 bits per heavy atom. The molecule has 1 aliphatic rings. The molecule has 2 aromatic rings. The first-order chi connectivity index (χ1) is 11.7. The molecule has 1 saturated heterocycles. The van der Waals surface area contributed by atoms with Crippen LogP contribution in [0.5, 0.6) is 0 Å². The molecule has 1 N–H and O–H groups in total. The van der Waals surface area contributed by atoms with E-state index in [2.05, 4.69) is 47.5 Å². The van der Waals surface area contributed by atoms with Crippen molar-refractivity contribution < 1.29 is 4.79 Å². The Balaban J connectivity index is 1.87. The fourth-order valence-corrected chi connectivity index (χ4v) is 3.32. The topological polar surface area (TPSA) is 56.1 Å². The van der Waals surface area contributed by atoms with E-state index < -0.39 is 0 Å². The zero-order chi connectivity index (χ0) is 16.9. The van der Waals surface area contributed by atoms with Gasteiger partial charge in [-0.3, -0.25) is 4.79 Å². The molecular formula is C20H21N3O. The predicted molar refractivity (Wildman–Crippen MR) is 95.4 cm³/mol. The van der Waals surface area contributed by atoms with Crippen molar-refractivity contribution in [2.24, 2.45) is 5.92 Å². The molecule has 0 bridgehead atoms. The average molecular weight is 319 g/mol. The molecule has 0 radical (unpaired) electrons. The van der Waals surface area contributed by atoms with Gasteiger partial charge in [0.2, 0.25) is 5.91 Å². The normalized spacial score (nSPS) is 19.8. The van der Waals surface area contributed by atoms with Crippen molar-refractivity contribution in [3.8, 4) is 17.2 Å². The molecule has 0 unspecified atom stereocenters. The van der Waals surface area contributed by atoms with Crippen LogP contribution in [-0.2, 0) is 4.79 Å². The highest BCUT2D eigenvalue weighted by Gasteiger charge is 2.34. The van der Waals surface area contributed by atoms with Gasteiger partial charge >= 0.3 is 0 Å². The summed E-state index contributed by atoms with van der Waals surface area (Å²) in [6.45, 7) is 3.07. The van der Waals surface area contributed by atoms with Crippen molar-refractivity contribution in [2.75, 3.05) is 18.0 Å². The maximum absolute atomic E-state index is 12.4. The van der Waals surface area contributed by atoms with Gasteiger partial charge in [0.1, 0.15) is 12.6 Å². The fraction of sp³-hybridized carbons (Fsp3) is 0.300. The largest absolute Gasteiger partial charge is 0.359 e. The summed E-state index contributed by atoms with van der Waals surface area (Å²) in [6, 6.07) is 20.3. The average Bonchev–Trinajstić information content (AvgIpc) is 3.02. The minimum atomic E-state index is -0.209. The molecule has 0 aliphatic carbocycles. The Morgan fingerprint density at radius 2 is 1.96 bits per heavy atom. The molecular weight excluding hydrogens is 298 g/mol. The lowest BCUT2D eigenvalue weighted by molar-refractivity contribution is -0.122. The number of amides is 1. The van der Waals surface area contributed by atoms with Crippen LogP contribution in [-0.4, -0.2) is 25.0 Å². The first-order valence-corrected chi connectivity index (χ1v) is 8.26. The van der Waals surface area contributed by atoms with Gasteiger partial charge in [0.05, 0.1) is 6.07 Å². The van der Waals surface area contributed by atoms with Crippen LogP contribution in [0.25, 0.3) is 11.1 Å². The molecule has 0 saturated carbocycles. The number of hydrogen-bond donors (Lipinski definition) is 1. The number of carbonyl (C=O) groups excluding carboxylic acids is 1. The molecule has 3 rings (SSSR count). The number of hydrogen-bond acceptors (Lipinski definition) is 3. The van der Waals surface area contributed by atoms with E-state index in [0.717, 1.165) is 29.8 Å². The molecule has 4 nitrogen and oxygen atoms in total. The summed E-state index contributed by atoms with van der Waals surface area (Å²) in [6.07, 6.45) is 0.812. The van der Waals surface area contributed by atoms with E-state index in [1.165, 1.54) is 0 Å². The smallest absolute Gasteiger partial charge is 0.243 e. The minimum Gasteiger partial charge on any atom is -0.359 e. The van der Waals surface area contributed by atoms with E-state index >= 15 is 0 Å². The maximum Gasteiger partial charge on any atom is 0.243 e. The molecule has 1 fully saturated rings. The highest BCUT2D eigenvalue weighted by atomic mass is 16.2. The summed E-state index contributed by atoms with van der Waals surface area (Å²) in [5.74, 6) is 0.384. The van der Waals surface area contributed by atoms with Crippen molar-refractivity contribution in [1.82, 2.24) is 5.32 Å². The zero-order valence-corrected chi connectivity index (χ0v) is 13.8. The quantitative estimate of drug-likeness (QED) is 0.880. The lowest BCUT2D eigenvalue weighted by Crippen LogP contribution is -2.43. The Kier molecular flexibility index (Phi) is 4.81. The summed E-state index contributed by atoms with van der Waals surface area (Å²) >= 11 is 0. The zero-order valence-electron chi connectivity index (χ0n) is 13.8. The van der Waals surface area contributed by atoms with E-state index in [-0.39, 0.29) is 18.5 Å². The Bertz CT molecular complexity index is 751. The van der Waals surface area contributed by atoms with E-state index in [9.17, 15) is 4.79 Å². The van der Waals surface area contributed by atoms with Crippen molar-refractivity contribution >= 4 is 11.6 Å². The molecule has 24 heavy (non-hydrogen) atoms. The van der Waals surface area contributed by atoms with Gasteiger partial charge in [-0.15, -0.1) is 0 Å². The SMILES string of the molecule is C[C@H]1C[C@@H](C(=O)NCC#N)N(c2cccc(-c3ccccc3)c2)C1. The van der Waals surface area contributed by atoms with Gasteiger partial charge in [-0.05, 0) is 35.6 Å². The van der Waals surface area contributed by atoms with Gasteiger partial charge in [0, 0.05) is 12.2 Å². The summed E-state index contributed by atoms with van der Waals surface area (Å²) in [5, 5.41) is 11.4. The third kappa shape index (κ3) is 3.41. The van der Waals surface area contributed by atoms with Gasteiger partial charge in [-0.2, -0.15) is 5.26 Å². The Morgan fingerprint density at radius 3 is 2.71 bits per heavy atom. The van der Waals surface area contributed by atoms with Crippen LogP contribution in [0.15, 0.2) is 54.6 Å². The standard InChI is InChI=1S/C20H21N3O/c1-15-12-19(20(24)22-11-10-21)23(14-15)18-9-5-8-17(13-18)16-6-3-2-4-7-16/h2-9,13,15,19H,11-12,14H2,1H3,(H,22,24)/t15-,19-/m0/s1. The number of nitriles is 1. The molecule has 4 heteroatoms. The van der Waals surface area contributed by atoms with Crippen molar-refractivity contribution in [3.63, 3.8) is 0 Å². The van der Waals surface area contributed by atoms with Crippen LogP contribution < -0.4 is 10.2 Å². The van der Waals surface area contributed by atoms with Crippen LogP contribution in [0.4, 0.5) is 5.69 Å². The lowest BCUT2D eigenvalue weighted by atomic mass is 10.0. The monoisotopic (exact) mass is 319 g/mol. The highest BCUT2D eigenvalue weighted by Crippen LogP contribution is 2.32. The van der Waals surface area contributed by atoms with Gasteiger partial charge < -0.3 is 10.2 Å². The molecule has 1 heterocycles. The Labute approximate surface area is 142 Å². The van der Waals surface area contributed by atoms with Crippen LogP contribution >= 0.6 is 0 Å². The maximum atomic E-state index is 12.4. The number of anilines is 1. The van der Waals surface area contributed by atoms with E-state index in [4.69, 9.17) is 5.26 Å². The van der Waals surface area contributed by atoms with Crippen LogP contribution in [0, 0.1) is 17.2 Å². The second kappa shape index (κ2) is 7.18. The van der Waals surface area contributed by atoms with Gasteiger partial charge in [-0.25, -0.2) is 0 Å². The van der Waals surface area contributed by atoms with Crippen molar-refractivity contribution in [2.45, 2.75) is 19.4 Å². The summed E-state index contributed by atoms with van der Waals surface area (Å²) < 4.78 is 0. The van der Waals surface area contributed by atoms with Crippen molar-refractivity contribution in [3.05, 3.63) is 54.6 Å². The predicted octanol–water partition coefficient (Wildman–Crippen LogP) is 3.21. The summed E-state index contributed by atoms with van der Waals surface area (Å²) in [7, 11) is 0. The summed E-state index contributed by atoms with van der Waals surface area (Å²) in [5.41, 5.74) is 3.36. The van der Waals surface area contributed by atoms with Crippen LogP contribution in [0.2, 0.25) is 0 Å². The number of benzene rings is 2. The van der Waals surface area contributed by atoms with Crippen molar-refractivity contribution in [1.29, 1.82) is 5.26 Å². The van der Waals surface area contributed by atoms with Gasteiger partial charge in [0.15, 0.2) is 0 Å². The number of carbonyl (C=O) groups is 1. The minimum absolute atomic E-state index is 0.0572. The van der Waals surface area contributed by atoms with Gasteiger partial charge in [-0.1, -0.05) is 49.4 Å². The Hall–Kier alpha value is -2.80. The van der Waals surface area contributed by atoms with E-state index in [0.29, 0.717) is 5.92 Å². The number of rotatable bonds is 4. The molecule has 2 aromatic carbocycles. The first-order valence-electron chi connectivity index (χ1n) is 8.26. The molecule has 1 aliphatic heterocycles. The third-order valence-corrected chi connectivity index (χ3v) is 4.44. The van der Waals surface area contributed by atoms with Crippen LogP contribution in [0.1, 0.15) is 13.3 Å². The third-order valence-electron chi connectivity index (χ3n) is 4.44. The van der Waals surface area contributed by atoms with E-state index in [1.807, 2.05) is 30.3 Å². The highest BCUT2D eigenvalue weighted by molar-refractivity contribution is 5.86. The second-order valence-electron chi connectivity index (χ2n) is 6.30. The first kappa shape index (κ1) is 16.1. The molecule has 0 aromatic heterocycles. The molecule has 1 amide bonds. The number of nitrogens with zero attached hydrogens (tertiary/aromatic N) is 2. The molecule has 0 spiro atoms. The fourth-order valence-electron chi connectivity index (χ4n) is 3.32. The molecule has 2 atom stereocenters. The van der Waals surface area contributed by atoms with Gasteiger partial charge in [0.25, 0.3) is 0 Å². The number of nitrogens with one attached hydrogen (secondary N) is 1. The van der Waals surface area contributed by atoms with E-state index in [1.54, 1.807) is 0 Å². The summed E-state index contributed by atoms with van der Waals surface area (Å²) in [4.78, 5) is 14.5. The van der Waals surface area contributed by atoms with Crippen LogP contribution in [0.3, 0.4) is 0 Å². The lowest BCUT2D eigenvalue weighted by Gasteiger charge is -2.26. The molecule has 122 valence electrons. The second-order valence-corrected chi connectivity index (χ2v) is 6.30.